The van der Waals surface area contributed by atoms with E-state index < -0.39 is 0 Å². The summed E-state index contributed by atoms with van der Waals surface area (Å²) >= 11 is 0. The number of nitrogens with zero attached hydrogens (tertiary/aromatic N) is 1. The quantitative estimate of drug-likeness (QED) is 0.796. The normalized spacial score (nSPS) is 17.5. The van der Waals surface area contributed by atoms with E-state index in [1.54, 1.807) is 0 Å². The molecule has 1 aromatic carbocycles. The van der Waals surface area contributed by atoms with Gasteiger partial charge in [-0.1, -0.05) is 24.6 Å². The van der Waals surface area contributed by atoms with Crippen LogP contribution in [0, 0.1) is 20.8 Å². The van der Waals surface area contributed by atoms with Gasteiger partial charge < -0.3 is 10.1 Å². The first-order valence-corrected chi connectivity index (χ1v) is 9.17. The van der Waals surface area contributed by atoms with Gasteiger partial charge in [0.15, 0.2) is 0 Å². The molecular weight excluding hydrogens is 300 g/mol. The molecule has 1 saturated heterocycles. The highest BCUT2D eigenvalue weighted by molar-refractivity contribution is 5.78. The number of likely N-dealkylation sites (N-methyl/N-ethyl adjacent to an activating group) is 1. The lowest BCUT2D eigenvalue weighted by Crippen LogP contribution is -2.41. The van der Waals surface area contributed by atoms with E-state index in [-0.39, 0.29) is 5.91 Å². The monoisotopic (exact) mass is 332 g/mol. The number of benzene rings is 1. The lowest BCUT2D eigenvalue weighted by Gasteiger charge is -2.23. The van der Waals surface area contributed by atoms with E-state index in [0.717, 1.165) is 39.0 Å². The Morgan fingerprint density at radius 2 is 2.00 bits per heavy atom. The smallest absolute Gasteiger partial charge is 0.234 e. The lowest BCUT2D eigenvalue weighted by molar-refractivity contribution is -0.122. The van der Waals surface area contributed by atoms with E-state index in [4.69, 9.17) is 4.74 Å². The molecule has 1 atom stereocenters. The fourth-order valence-corrected chi connectivity index (χ4v) is 3.57. The number of hydrogen-bond donors (Lipinski definition) is 1. The third-order valence-corrected chi connectivity index (χ3v) is 4.84. The molecular formula is C20H32N2O2. The van der Waals surface area contributed by atoms with Crippen LogP contribution in [0.1, 0.15) is 42.0 Å². The number of carbonyl (C=O) groups is 1. The van der Waals surface area contributed by atoms with Crippen LogP contribution in [0.4, 0.5) is 0 Å². The fraction of sp³-hybridized carbons (Fsp3) is 0.650. The zero-order valence-electron chi connectivity index (χ0n) is 15.7. The molecule has 134 valence electrons. The molecule has 1 aliphatic rings. The van der Waals surface area contributed by atoms with Crippen molar-refractivity contribution in [1.82, 2.24) is 10.2 Å². The Morgan fingerprint density at radius 1 is 1.29 bits per heavy atom. The molecule has 1 fully saturated rings. The molecule has 0 saturated carbocycles. The first-order valence-electron chi connectivity index (χ1n) is 9.17. The van der Waals surface area contributed by atoms with Gasteiger partial charge >= 0.3 is 0 Å². The molecule has 4 nitrogen and oxygen atoms in total. The van der Waals surface area contributed by atoms with Gasteiger partial charge in [0, 0.05) is 19.7 Å². The minimum Gasteiger partial charge on any atom is -0.377 e. The third-order valence-electron chi connectivity index (χ3n) is 4.84. The standard InChI is InChI=1S/C20H32N2O2/c1-5-22(13-18-7-6-10-24-18)14-20(23)21-9-8-19-16(3)11-15(2)12-17(19)4/h11-12,18H,5-10,13-14H2,1-4H3,(H,21,23). The van der Waals surface area contributed by atoms with Gasteiger partial charge in [-0.15, -0.1) is 0 Å². The molecule has 0 aromatic heterocycles. The van der Waals surface area contributed by atoms with Gasteiger partial charge in [0.25, 0.3) is 0 Å². The van der Waals surface area contributed by atoms with E-state index in [1.165, 1.54) is 22.3 Å². The molecule has 0 radical (unpaired) electrons. The van der Waals surface area contributed by atoms with Crippen LogP contribution in [0.2, 0.25) is 0 Å². The van der Waals surface area contributed by atoms with Crippen molar-refractivity contribution in [3.05, 3.63) is 34.4 Å². The molecule has 0 spiro atoms. The van der Waals surface area contributed by atoms with Crippen molar-refractivity contribution in [1.29, 1.82) is 0 Å². The summed E-state index contributed by atoms with van der Waals surface area (Å²) in [5, 5.41) is 3.07. The van der Waals surface area contributed by atoms with E-state index in [1.807, 2.05) is 0 Å². The molecule has 4 heteroatoms. The Bertz CT molecular complexity index is 528. The lowest BCUT2D eigenvalue weighted by atomic mass is 9.97. The molecule has 1 amide bonds. The largest absolute Gasteiger partial charge is 0.377 e. The van der Waals surface area contributed by atoms with Crippen LogP contribution in [0.3, 0.4) is 0 Å². The van der Waals surface area contributed by atoms with E-state index in [0.29, 0.717) is 19.2 Å². The van der Waals surface area contributed by atoms with Gasteiger partial charge in [-0.2, -0.15) is 0 Å². The summed E-state index contributed by atoms with van der Waals surface area (Å²) in [6, 6.07) is 4.43. The van der Waals surface area contributed by atoms with E-state index in [2.05, 4.69) is 50.0 Å². The summed E-state index contributed by atoms with van der Waals surface area (Å²) in [6.45, 7) is 12.3. The van der Waals surface area contributed by atoms with Crippen LogP contribution in [0.5, 0.6) is 0 Å². The zero-order valence-corrected chi connectivity index (χ0v) is 15.7. The van der Waals surface area contributed by atoms with Crippen molar-refractivity contribution >= 4 is 5.91 Å². The van der Waals surface area contributed by atoms with Gasteiger partial charge in [0.1, 0.15) is 0 Å². The zero-order chi connectivity index (χ0) is 17.5. The number of carbonyl (C=O) groups excluding carboxylic acids is 1. The third kappa shape index (κ3) is 5.60. The molecule has 1 unspecified atom stereocenters. The minimum absolute atomic E-state index is 0.109. The Balaban J connectivity index is 1.76. The van der Waals surface area contributed by atoms with Crippen LogP contribution in [-0.4, -0.2) is 49.7 Å². The van der Waals surface area contributed by atoms with Crippen molar-refractivity contribution in [3.8, 4) is 0 Å². The summed E-state index contributed by atoms with van der Waals surface area (Å²) in [4.78, 5) is 14.4. The van der Waals surface area contributed by atoms with Gasteiger partial charge in [0.2, 0.25) is 5.91 Å². The fourth-order valence-electron chi connectivity index (χ4n) is 3.57. The second-order valence-electron chi connectivity index (χ2n) is 6.94. The molecule has 1 heterocycles. The van der Waals surface area contributed by atoms with Crippen LogP contribution in [0.15, 0.2) is 12.1 Å². The average molecular weight is 332 g/mol. The molecule has 0 bridgehead atoms. The summed E-state index contributed by atoms with van der Waals surface area (Å²) in [7, 11) is 0. The van der Waals surface area contributed by atoms with Crippen molar-refractivity contribution < 1.29 is 9.53 Å². The number of amides is 1. The van der Waals surface area contributed by atoms with Crippen molar-refractivity contribution in [2.45, 2.75) is 53.1 Å². The highest BCUT2D eigenvalue weighted by Crippen LogP contribution is 2.16. The van der Waals surface area contributed by atoms with E-state index >= 15 is 0 Å². The molecule has 1 aliphatic heterocycles. The minimum atomic E-state index is 0.109. The second-order valence-corrected chi connectivity index (χ2v) is 6.94. The summed E-state index contributed by atoms with van der Waals surface area (Å²) in [6.07, 6.45) is 3.45. The van der Waals surface area contributed by atoms with Crippen molar-refractivity contribution in [3.63, 3.8) is 0 Å². The number of nitrogens with one attached hydrogen (secondary N) is 1. The predicted octanol–water partition coefficient (Wildman–Crippen LogP) is 2.77. The summed E-state index contributed by atoms with van der Waals surface area (Å²) in [5.74, 6) is 0.109. The Morgan fingerprint density at radius 3 is 2.58 bits per heavy atom. The van der Waals surface area contributed by atoms with E-state index in [9.17, 15) is 4.79 Å². The highest BCUT2D eigenvalue weighted by atomic mass is 16.5. The van der Waals surface area contributed by atoms with Gasteiger partial charge in [-0.05, 0) is 63.3 Å². The molecule has 0 aliphatic carbocycles. The molecule has 24 heavy (non-hydrogen) atoms. The molecule has 1 N–H and O–H groups in total. The predicted molar refractivity (Wildman–Crippen MR) is 98.5 cm³/mol. The maximum absolute atomic E-state index is 12.2. The van der Waals surface area contributed by atoms with Crippen LogP contribution in [0.25, 0.3) is 0 Å². The maximum Gasteiger partial charge on any atom is 0.234 e. The number of hydrogen-bond acceptors (Lipinski definition) is 3. The molecule has 2 rings (SSSR count). The van der Waals surface area contributed by atoms with Crippen LogP contribution < -0.4 is 5.32 Å². The van der Waals surface area contributed by atoms with Crippen molar-refractivity contribution in [2.75, 3.05) is 32.8 Å². The van der Waals surface area contributed by atoms with Crippen molar-refractivity contribution in [2.24, 2.45) is 0 Å². The topological polar surface area (TPSA) is 41.6 Å². The Labute approximate surface area is 146 Å². The Kier molecular flexibility index (Phi) is 7.25. The highest BCUT2D eigenvalue weighted by Gasteiger charge is 2.19. The first-order chi connectivity index (χ1) is 11.5. The SMILES string of the molecule is CCN(CC(=O)NCCc1c(C)cc(C)cc1C)CC1CCCO1. The average Bonchev–Trinajstić information content (AvgIpc) is 3.02. The number of ether oxygens (including phenoxy) is 1. The summed E-state index contributed by atoms with van der Waals surface area (Å²) < 4.78 is 5.67. The van der Waals surface area contributed by atoms with Gasteiger partial charge in [-0.25, -0.2) is 0 Å². The van der Waals surface area contributed by atoms with Crippen LogP contribution in [-0.2, 0) is 16.0 Å². The van der Waals surface area contributed by atoms with Gasteiger partial charge in [-0.3, -0.25) is 9.69 Å². The number of rotatable bonds is 8. The first kappa shape index (κ1) is 18.9. The van der Waals surface area contributed by atoms with Gasteiger partial charge in [0.05, 0.1) is 12.6 Å². The summed E-state index contributed by atoms with van der Waals surface area (Å²) in [5.41, 5.74) is 5.28. The maximum atomic E-state index is 12.2. The second kappa shape index (κ2) is 9.19. The number of aryl methyl sites for hydroxylation is 3. The Hall–Kier alpha value is -1.39. The van der Waals surface area contributed by atoms with Crippen LogP contribution >= 0.6 is 0 Å². The molecule has 1 aromatic rings.